The monoisotopic (exact) mass is 354 g/mol. The molecule has 2 heterocycles. The summed E-state index contributed by atoms with van der Waals surface area (Å²) in [6.45, 7) is 5.80. The zero-order valence-corrected chi connectivity index (χ0v) is 15.6. The molecule has 2 amide bonds. The van der Waals surface area contributed by atoms with Gasteiger partial charge in [0.05, 0.1) is 6.04 Å². The van der Waals surface area contributed by atoms with E-state index >= 15 is 0 Å². The lowest BCUT2D eigenvalue weighted by atomic mass is 9.96. The van der Waals surface area contributed by atoms with Crippen LogP contribution in [0.25, 0.3) is 0 Å². The largest absolute Gasteiger partial charge is 0.331 e. The second-order valence-corrected chi connectivity index (χ2v) is 7.73. The maximum Gasteiger partial charge on any atom is 0.317 e. The van der Waals surface area contributed by atoms with E-state index in [0.717, 1.165) is 38.2 Å². The van der Waals surface area contributed by atoms with Crippen LogP contribution in [-0.4, -0.2) is 44.2 Å². The van der Waals surface area contributed by atoms with Gasteiger partial charge in [-0.05, 0) is 53.7 Å². The topological polar surface area (TPSA) is 75.9 Å². The van der Waals surface area contributed by atoms with Gasteiger partial charge < -0.3 is 10.2 Å². The van der Waals surface area contributed by atoms with Gasteiger partial charge in [0.25, 0.3) is 0 Å². The summed E-state index contributed by atoms with van der Waals surface area (Å²) in [4.78, 5) is 14.8. The number of carbonyl (C=O) groups excluding carboxylic acids is 1. The van der Waals surface area contributed by atoms with Crippen molar-refractivity contribution < 1.29 is 4.79 Å². The predicted octanol–water partition coefficient (Wildman–Crippen LogP) is 2.34. The van der Waals surface area contributed by atoms with Gasteiger partial charge in [-0.25, -0.2) is 9.48 Å². The number of benzene rings is 1. The van der Waals surface area contributed by atoms with Gasteiger partial charge in [-0.3, -0.25) is 0 Å². The van der Waals surface area contributed by atoms with Crippen molar-refractivity contribution in [1.29, 1.82) is 0 Å². The molecule has 0 bridgehead atoms. The van der Waals surface area contributed by atoms with E-state index in [4.69, 9.17) is 0 Å². The Morgan fingerprint density at radius 2 is 2.04 bits per heavy atom. The normalized spacial score (nSPS) is 23.1. The quantitative estimate of drug-likeness (QED) is 0.898. The minimum Gasteiger partial charge on any atom is -0.331 e. The van der Waals surface area contributed by atoms with E-state index < -0.39 is 0 Å². The number of fused-ring (bicyclic) bond motifs is 1. The number of carbonyl (C=O) groups is 1. The number of hydrogen-bond acceptors (Lipinski definition) is 4. The molecule has 0 unspecified atom stereocenters. The van der Waals surface area contributed by atoms with Crippen molar-refractivity contribution in [3.8, 4) is 0 Å². The summed E-state index contributed by atoms with van der Waals surface area (Å²) in [5.74, 6) is 1.67. The summed E-state index contributed by atoms with van der Waals surface area (Å²) >= 11 is 0. The average Bonchev–Trinajstić information content (AvgIpc) is 3.19. The second-order valence-electron chi connectivity index (χ2n) is 7.73. The fraction of sp³-hybridized carbons (Fsp3) is 0.579. The van der Waals surface area contributed by atoms with Gasteiger partial charge in [-0.15, -0.1) is 5.10 Å². The summed E-state index contributed by atoms with van der Waals surface area (Å²) in [7, 11) is 1.87. The summed E-state index contributed by atoms with van der Waals surface area (Å²) in [6, 6.07) is 6.73. The van der Waals surface area contributed by atoms with E-state index in [1.54, 1.807) is 4.68 Å². The van der Waals surface area contributed by atoms with Crippen LogP contribution in [-0.2, 0) is 13.5 Å². The number of urea groups is 1. The number of nitrogens with one attached hydrogen (secondary N) is 1. The van der Waals surface area contributed by atoms with E-state index in [-0.39, 0.29) is 12.1 Å². The number of aromatic nitrogens is 4. The van der Waals surface area contributed by atoms with Crippen LogP contribution in [0.5, 0.6) is 0 Å². The lowest BCUT2D eigenvalue weighted by Gasteiger charge is -2.33. The van der Waals surface area contributed by atoms with Crippen molar-refractivity contribution in [2.45, 2.75) is 45.1 Å². The maximum atomic E-state index is 12.8. The van der Waals surface area contributed by atoms with Gasteiger partial charge in [0.1, 0.15) is 0 Å². The van der Waals surface area contributed by atoms with Crippen LogP contribution in [0.4, 0.5) is 4.79 Å². The fourth-order valence-corrected chi connectivity index (χ4v) is 4.33. The third-order valence-corrected chi connectivity index (χ3v) is 5.83. The van der Waals surface area contributed by atoms with E-state index in [0.29, 0.717) is 11.8 Å². The number of aryl methyl sites for hydroxylation is 2. The van der Waals surface area contributed by atoms with E-state index in [2.05, 4.69) is 52.9 Å². The van der Waals surface area contributed by atoms with Gasteiger partial charge in [-0.1, -0.05) is 30.7 Å². The first-order valence-corrected chi connectivity index (χ1v) is 9.40. The molecule has 1 fully saturated rings. The smallest absolute Gasteiger partial charge is 0.317 e. The van der Waals surface area contributed by atoms with Crippen LogP contribution in [0.1, 0.15) is 54.2 Å². The molecule has 1 aliphatic carbocycles. The molecule has 7 heteroatoms. The number of rotatable bonds is 2. The third kappa shape index (κ3) is 3.06. The van der Waals surface area contributed by atoms with Crippen LogP contribution in [0.3, 0.4) is 0 Å². The van der Waals surface area contributed by atoms with Gasteiger partial charge in [0.15, 0.2) is 5.82 Å². The number of hydrogen-bond donors (Lipinski definition) is 1. The number of tetrazole rings is 1. The Balaban J connectivity index is 1.39. The first-order chi connectivity index (χ1) is 12.5. The molecule has 138 valence electrons. The van der Waals surface area contributed by atoms with Crippen LogP contribution in [0.2, 0.25) is 0 Å². The van der Waals surface area contributed by atoms with Crippen LogP contribution in [0.15, 0.2) is 18.2 Å². The molecule has 4 rings (SSSR count). The fourth-order valence-electron chi connectivity index (χ4n) is 4.33. The SMILES string of the molecule is Cc1ccc2c(c1)[C@@H](NC(=O)N1CCC(c3nnnn3C)CC1)[C@H](C)C2. The molecule has 1 aromatic heterocycles. The molecule has 1 N–H and O–H groups in total. The molecule has 1 saturated heterocycles. The Kier molecular flexibility index (Phi) is 4.38. The molecule has 0 radical (unpaired) electrons. The zero-order chi connectivity index (χ0) is 18.3. The third-order valence-electron chi connectivity index (χ3n) is 5.83. The Morgan fingerprint density at radius 3 is 2.73 bits per heavy atom. The summed E-state index contributed by atoms with van der Waals surface area (Å²) in [5, 5.41) is 15.0. The van der Waals surface area contributed by atoms with Crippen molar-refractivity contribution >= 4 is 6.03 Å². The summed E-state index contributed by atoms with van der Waals surface area (Å²) in [6.07, 6.45) is 2.83. The average molecular weight is 354 g/mol. The molecule has 2 aliphatic rings. The van der Waals surface area contributed by atoms with Crippen molar-refractivity contribution in [3.05, 3.63) is 40.7 Å². The van der Waals surface area contributed by atoms with E-state index in [1.165, 1.54) is 16.7 Å². The Labute approximate surface area is 153 Å². The van der Waals surface area contributed by atoms with Crippen molar-refractivity contribution in [2.24, 2.45) is 13.0 Å². The molecule has 7 nitrogen and oxygen atoms in total. The van der Waals surface area contributed by atoms with Crippen molar-refractivity contribution in [1.82, 2.24) is 30.4 Å². The molecule has 0 spiro atoms. The second kappa shape index (κ2) is 6.70. The van der Waals surface area contributed by atoms with Crippen molar-refractivity contribution in [3.63, 3.8) is 0 Å². The highest BCUT2D eigenvalue weighted by Gasteiger charge is 2.33. The first kappa shape index (κ1) is 17.0. The molecule has 26 heavy (non-hydrogen) atoms. The minimum absolute atomic E-state index is 0.0470. The maximum absolute atomic E-state index is 12.8. The molecular formula is C19H26N6O. The zero-order valence-electron chi connectivity index (χ0n) is 15.6. The molecule has 2 aromatic rings. The number of amides is 2. The molecular weight excluding hydrogens is 328 g/mol. The summed E-state index contributed by atoms with van der Waals surface area (Å²) < 4.78 is 1.74. The predicted molar refractivity (Wildman–Crippen MR) is 97.7 cm³/mol. The van der Waals surface area contributed by atoms with Gasteiger partial charge >= 0.3 is 6.03 Å². The first-order valence-electron chi connectivity index (χ1n) is 9.40. The Hall–Kier alpha value is -2.44. The lowest BCUT2D eigenvalue weighted by molar-refractivity contribution is 0.173. The van der Waals surface area contributed by atoms with Crippen LogP contribution < -0.4 is 5.32 Å². The highest BCUT2D eigenvalue weighted by Crippen LogP contribution is 2.36. The Morgan fingerprint density at radius 1 is 1.27 bits per heavy atom. The number of likely N-dealkylation sites (tertiary alicyclic amines) is 1. The van der Waals surface area contributed by atoms with Crippen LogP contribution >= 0.6 is 0 Å². The van der Waals surface area contributed by atoms with E-state index in [9.17, 15) is 4.79 Å². The number of piperidine rings is 1. The van der Waals surface area contributed by atoms with Crippen LogP contribution in [0, 0.1) is 12.8 Å². The molecule has 1 aliphatic heterocycles. The lowest BCUT2D eigenvalue weighted by Crippen LogP contribution is -2.46. The van der Waals surface area contributed by atoms with Crippen molar-refractivity contribution in [2.75, 3.05) is 13.1 Å². The number of nitrogens with zero attached hydrogens (tertiary/aromatic N) is 5. The Bertz CT molecular complexity index is 808. The minimum atomic E-state index is 0.0470. The molecule has 2 atom stereocenters. The molecule has 0 saturated carbocycles. The summed E-state index contributed by atoms with van der Waals surface area (Å²) in [5.41, 5.74) is 3.89. The highest BCUT2D eigenvalue weighted by atomic mass is 16.2. The molecule has 1 aromatic carbocycles. The van der Waals surface area contributed by atoms with E-state index in [1.807, 2.05) is 11.9 Å². The van der Waals surface area contributed by atoms with Gasteiger partial charge in [0, 0.05) is 26.1 Å². The highest BCUT2D eigenvalue weighted by molar-refractivity contribution is 5.75. The van der Waals surface area contributed by atoms with Gasteiger partial charge in [-0.2, -0.15) is 0 Å². The van der Waals surface area contributed by atoms with Gasteiger partial charge in [0.2, 0.25) is 0 Å². The standard InChI is InChI=1S/C19H26N6O/c1-12-4-5-15-11-13(2)17(16(15)10-12)20-19(26)25-8-6-14(7-9-25)18-21-22-23-24(18)3/h4-5,10,13-14,17H,6-9,11H2,1-3H3,(H,20,26)/t13-,17+/m1/s1.